The lowest BCUT2D eigenvalue weighted by atomic mass is 9.95. The number of aliphatic carboxylic acids is 2. The molecule has 0 amide bonds. The first kappa shape index (κ1) is 27.3. The Morgan fingerprint density at radius 1 is 1.08 bits per heavy atom. The Labute approximate surface area is 217 Å². The number of hydrogen-bond acceptors (Lipinski definition) is 6. The third kappa shape index (κ3) is 6.21. The summed E-state index contributed by atoms with van der Waals surface area (Å²) >= 11 is 0. The summed E-state index contributed by atoms with van der Waals surface area (Å²) in [4.78, 5) is 26.9. The molecule has 2 N–H and O–H groups in total. The molecule has 1 aliphatic heterocycles. The third-order valence-electron chi connectivity index (χ3n) is 6.66. The Bertz CT molecular complexity index is 1300. The van der Waals surface area contributed by atoms with E-state index in [1.165, 1.54) is 16.7 Å². The van der Waals surface area contributed by atoms with E-state index in [0.29, 0.717) is 36.8 Å². The van der Waals surface area contributed by atoms with Crippen molar-refractivity contribution in [3.8, 4) is 22.8 Å². The maximum atomic E-state index is 11.1. The van der Waals surface area contributed by atoms with Crippen LogP contribution in [0.4, 0.5) is 13.2 Å². The number of nitrogens with zero attached hydrogens (tertiary/aromatic N) is 3. The van der Waals surface area contributed by atoms with Crippen LogP contribution >= 0.6 is 0 Å². The standard InChI is InChI=1S/C25H27N3O3.C2HF3O2/c1-15(2)11-16-3-5-17(6-4-16)24-26-23(27-31-24)19-7-9-21-18(12-19)8-10-22(21)28-13-20(14-28)25(29)30;3-2(4,5)1(6)7/h3-7,9,12,15,20,22H,8,10-11,13-14H2,1-2H3,(H,29,30);(H,6,7). The fourth-order valence-electron chi connectivity index (χ4n) is 4.75. The Hall–Kier alpha value is -3.73. The lowest BCUT2D eigenvalue weighted by molar-refractivity contribution is -0.192. The molecule has 2 aromatic carbocycles. The molecule has 1 aromatic heterocycles. The normalized spacial score (nSPS) is 17.5. The monoisotopic (exact) mass is 531 g/mol. The van der Waals surface area contributed by atoms with Crippen molar-refractivity contribution in [2.45, 2.75) is 45.3 Å². The Balaban J connectivity index is 0.000000426. The fraction of sp³-hybridized carbons (Fsp3) is 0.407. The average molecular weight is 532 g/mol. The van der Waals surface area contributed by atoms with Gasteiger partial charge in [-0.1, -0.05) is 43.3 Å². The number of carboxylic acid groups (broad SMARTS) is 2. The van der Waals surface area contributed by atoms with Gasteiger partial charge in [-0.25, -0.2) is 4.79 Å². The van der Waals surface area contributed by atoms with E-state index in [2.05, 4.69) is 53.2 Å². The maximum absolute atomic E-state index is 11.1. The number of likely N-dealkylation sites (tertiary alicyclic amines) is 1. The van der Waals surface area contributed by atoms with Gasteiger partial charge in [-0.15, -0.1) is 0 Å². The number of rotatable bonds is 6. The predicted octanol–water partition coefficient (Wildman–Crippen LogP) is 5.24. The predicted molar refractivity (Wildman–Crippen MR) is 131 cm³/mol. The van der Waals surface area contributed by atoms with Gasteiger partial charge in [0.2, 0.25) is 5.82 Å². The van der Waals surface area contributed by atoms with E-state index in [9.17, 15) is 18.0 Å². The van der Waals surface area contributed by atoms with E-state index in [1.54, 1.807) is 0 Å². The third-order valence-corrected chi connectivity index (χ3v) is 6.66. The Morgan fingerprint density at radius 3 is 2.29 bits per heavy atom. The van der Waals surface area contributed by atoms with E-state index in [-0.39, 0.29) is 5.92 Å². The van der Waals surface area contributed by atoms with Crippen molar-refractivity contribution in [2.75, 3.05) is 13.1 Å². The quantitative estimate of drug-likeness (QED) is 0.444. The van der Waals surface area contributed by atoms with Crippen molar-refractivity contribution < 1.29 is 37.5 Å². The van der Waals surface area contributed by atoms with E-state index in [0.717, 1.165) is 30.4 Å². The molecule has 0 spiro atoms. The molecule has 0 radical (unpaired) electrons. The minimum atomic E-state index is -5.08. The topological polar surface area (TPSA) is 117 Å². The number of carboxylic acids is 2. The van der Waals surface area contributed by atoms with E-state index in [4.69, 9.17) is 19.5 Å². The first-order valence-corrected chi connectivity index (χ1v) is 12.3. The zero-order valence-electron chi connectivity index (χ0n) is 20.9. The number of alkyl halides is 3. The average Bonchev–Trinajstić information content (AvgIpc) is 3.45. The lowest BCUT2D eigenvalue weighted by Gasteiger charge is -2.41. The summed E-state index contributed by atoms with van der Waals surface area (Å²) in [6.45, 7) is 5.72. The van der Waals surface area contributed by atoms with Crippen LogP contribution in [0.15, 0.2) is 47.0 Å². The summed E-state index contributed by atoms with van der Waals surface area (Å²) in [5.74, 6) is -1.91. The molecule has 3 aromatic rings. The minimum absolute atomic E-state index is 0.222. The zero-order valence-corrected chi connectivity index (χ0v) is 20.9. The molecular weight excluding hydrogens is 503 g/mol. The van der Waals surface area contributed by atoms with Crippen molar-refractivity contribution >= 4 is 11.9 Å². The summed E-state index contributed by atoms with van der Waals surface area (Å²) in [5.41, 5.74) is 5.79. The minimum Gasteiger partial charge on any atom is -0.481 e. The van der Waals surface area contributed by atoms with E-state index >= 15 is 0 Å². The van der Waals surface area contributed by atoms with Crippen LogP contribution in [-0.2, 0) is 22.4 Å². The Kier molecular flexibility index (Phi) is 7.86. The van der Waals surface area contributed by atoms with Crippen LogP contribution in [0.25, 0.3) is 22.8 Å². The van der Waals surface area contributed by atoms with Gasteiger partial charge in [-0.3, -0.25) is 9.69 Å². The molecule has 202 valence electrons. The summed E-state index contributed by atoms with van der Waals surface area (Å²) < 4.78 is 37.3. The molecule has 2 aliphatic rings. The second-order valence-electron chi connectivity index (χ2n) is 9.98. The Morgan fingerprint density at radius 2 is 1.71 bits per heavy atom. The summed E-state index contributed by atoms with van der Waals surface area (Å²) in [6, 6.07) is 15.0. The number of benzene rings is 2. The van der Waals surface area contributed by atoms with Crippen molar-refractivity contribution in [3.63, 3.8) is 0 Å². The molecule has 1 aliphatic carbocycles. The van der Waals surface area contributed by atoms with Gasteiger partial charge in [-0.2, -0.15) is 18.2 Å². The highest BCUT2D eigenvalue weighted by Gasteiger charge is 2.40. The molecule has 0 bridgehead atoms. The van der Waals surface area contributed by atoms with Gasteiger partial charge in [-0.05, 0) is 60.1 Å². The number of aryl methyl sites for hydroxylation is 1. The van der Waals surface area contributed by atoms with Crippen molar-refractivity contribution in [1.29, 1.82) is 0 Å². The summed E-state index contributed by atoms with van der Waals surface area (Å²) in [5, 5.41) is 20.5. The molecule has 1 atom stereocenters. The molecule has 8 nitrogen and oxygen atoms in total. The van der Waals surface area contributed by atoms with Crippen LogP contribution in [-0.4, -0.2) is 56.5 Å². The molecular formula is C27H28F3N3O5. The highest BCUT2D eigenvalue weighted by atomic mass is 19.4. The smallest absolute Gasteiger partial charge is 0.481 e. The summed E-state index contributed by atoms with van der Waals surface area (Å²) in [7, 11) is 0. The van der Waals surface area contributed by atoms with Crippen molar-refractivity contribution in [3.05, 3.63) is 59.2 Å². The number of halogens is 3. The van der Waals surface area contributed by atoms with E-state index in [1.807, 2.05) is 18.2 Å². The lowest BCUT2D eigenvalue weighted by Crippen LogP contribution is -2.51. The maximum Gasteiger partial charge on any atom is 0.490 e. The molecule has 11 heteroatoms. The molecule has 1 fully saturated rings. The SMILES string of the molecule is CC(C)Cc1ccc(-c2nc(-c3ccc4c(c3)CCC4N3CC(C(=O)O)C3)no2)cc1.O=C(O)C(F)(F)F. The molecule has 1 saturated heterocycles. The summed E-state index contributed by atoms with van der Waals surface area (Å²) in [6.07, 6.45) is -2.00. The molecule has 2 heterocycles. The second-order valence-corrected chi connectivity index (χ2v) is 9.98. The largest absolute Gasteiger partial charge is 0.490 e. The van der Waals surface area contributed by atoms with Gasteiger partial charge in [0.1, 0.15) is 0 Å². The van der Waals surface area contributed by atoms with Gasteiger partial charge in [0.05, 0.1) is 5.92 Å². The van der Waals surface area contributed by atoms with Gasteiger partial charge in [0.15, 0.2) is 0 Å². The van der Waals surface area contributed by atoms with Crippen LogP contribution in [0.2, 0.25) is 0 Å². The van der Waals surface area contributed by atoms with Gasteiger partial charge >= 0.3 is 18.1 Å². The number of aromatic nitrogens is 2. The van der Waals surface area contributed by atoms with E-state index < -0.39 is 18.1 Å². The molecule has 5 rings (SSSR count). The van der Waals surface area contributed by atoms with Crippen LogP contribution in [0, 0.1) is 11.8 Å². The molecule has 0 saturated carbocycles. The van der Waals surface area contributed by atoms with Crippen LogP contribution in [0.5, 0.6) is 0 Å². The molecule has 1 unspecified atom stereocenters. The fourth-order valence-corrected chi connectivity index (χ4v) is 4.75. The highest BCUT2D eigenvalue weighted by Crippen LogP contribution is 2.40. The number of fused-ring (bicyclic) bond motifs is 1. The van der Waals surface area contributed by atoms with Crippen molar-refractivity contribution in [1.82, 2.24) is 15.0 Å². The van der Waals surface area contributed by atoms with Gasteiger partial charge in [0.25, 0.3) is 5.89 Å². The van der Waals surface area contributed by atoms with Crippen LogP contribution in [0.1, 0.15) is 43.0 Å². The van der Waals surface area contributed by atoms with Gasteiger partial charge in [0, 0.05) is 30.3 Å². The van der Waals surface area contributed by atoms with Crippen molar-refractivity contribution in [2.24, 2.45) is 11.8 Å². The number of carbonyl (C=O) groups is 2. The van der Waals surface area contributed by atoms with Crippen LogP contribution in [0.3, 0.4) is 0 Å². The number of hydrogen-bond donors (Lipinski definition) is 2. The molecule has 38 heavy (non-hydrogen) atoms. The first-order chi connectivity index (χ1) is 17.9. The zero-order chi connectivity index (χ0) is 27.6. The second kappa shape index (κ2) is 10.9. The first-order valence-electron chi connectivity index (χ1n) is 12.3. The van der Waals surface area contributed by atoms with Gasteiger partial charge < -0.3 is 14.7 Å². The highest BCUT2D eigenvalue weighted by molar-refractivity contribution is 5.73. The van der Waals surface area contributed by atoms with Crippen LogP contribution < -0.4 is 0 Å².